The number of benzene rings is 1. The van der Waals surface area contributed by atoms with E-state index in [1.165, 1.54) is 25.1 Å². The number of carboxylic acid groups (broad SMARTS) is 1. The predicted octanol–water partition coefficient (Wildman–Crippen LogP) is 1.10. The highest BCUT2D eigenvalue weighted by Crippen LogP contribution is 2.20. The summed E-state index contributed by atoms with van der Waals surface area (Å²) in [6, 6.07) is 4.18. The molecule has 0 atom stereocenters. The van der Waals surface area contributed by atoms with Crippen LogP contribution >= 0.6 is 0 Å². The second-order valence-electron chi connectivity index (χ2n) is 4.21. The molecule has 0 saturated heterocycles. The van der Waals surface area contributed by atoms with Crippen LogP contribution in [-0.4, -0.2) is 28.5 Å². The summed E-state index contributed by atoms with van der Waals surface area (Å²) in [5.41, 5.74) is 0.307. The number of nitrogens with one attached hydrogen (secondary N) is 1. The number of carbonyl (C=O) groups is 2. The molecule has 0 heterocycles. The van der Waals surface area contributed by atoms with E-state index in [1.807, 2.05) is 0 Å². The van der Waals surface area contributed by atoms with Gasteiger partial charge in [-0.1, -0.05) is 17.9 Å². The number of hydrogen-bond acceptors (Lipinski definition) is 4. The lowest BCUT2D eigenvalue weighted by atomic mass is 10.1. The Balaban J connectivity index is 2.83. The van der Waals surface area contributed by atoms with E-state index in [2.05, 4.69) is 17.2 Å². The van der Waals surface area contributed by atoms with Crippen LogP contribution in [0.4, 0.5) is 5.69 Å². The zero-order valence-electron chi connectivity index (χ0n) is 11.4. The molecule has 0 radical (unpaired) electrons. The molecule has 1 amide bonds. The van der Waals surface area contributed by atoms with Crippen molar-refractivity contribution in [3.8, 4) is 11.8 Å². The lowest BCUT2D eigenvalue weighted by Gasteiger charge is -2.00. The van der Waals surface area contributed by atoms with Crippen molar-refractivity contribution in [3.05, 3.63) is 39.4 Å². The first kappa shape index (κ1) is 16.2. The van der Waals surface area contributed by atoms with E-state index < -0.39 is 17.3 Å². The summed E-state index contributed by atoms with van der Waals surface area (Å²) < 4.78 is 0. The lowest BCUT2D eigenvalue weighted by Crippen LogP contribution is -2.20. The van der Waals surface area contributed by atoms with Crippen LogP contribution in [0.2, 0.25) is 0 Å². The van der Waals surface area contributed by atoms with E-state index in [9.17, 15) is 19.7 Å². The maximum atomic E-state index is 10.9. The molecule has 0 aliphatic heterocycles. The van der Waals surface area contributed by atoms with Gasteiger partial charge in [0.1, 0.15) is 0 Å². The fraction of sp³-hybridized carbons (Fsp3) is 0.286. The Labute approximate surface area is 121 Å². The zero-order valence-corrected chi connectivity index (χ0v) is 11.4. The second-order valence-corrected chi connectivity index (χ2v) is 4.21. The molecule has 0 unspecified atom stereocenters. The third-order valence-corrected chi connectivity index (χ3v) is 2.48. The van der Waals surface area contributed by atoms with Crippen LogP contribution < -0.4 is 5.32 Å². The minimum Gasteiger partial charge on any atom is -0.481 e. The lowest BCUT2D eigenvalue weighted by molar-refractivity contribution is -0.385. The third-order valence-electron chi connectivity index (χ3n) is 2.48. The molecule has 7 nitrogen and oxygen atoms in total. The van der Waals surface area contributed by atoms with Gasteiger partial charge in [-0.3, -0.25) is 19.7 Å². The zero-order chi connectivity index (χ0) is 15.8. The standard InChI is InChI=1S/C14H14N2O5/c1-10(17)15-7-3-2-4-11-5-6-12(9-14(18)19)13(8-11)16(20)21/h5-6,8H,3,7,9H2,1H3,(H,15,17)(H,18,19). The fourth-order valence-corrected chi connectivity index (χ4v) is 1.59. The maximum Gasteiger partial charge on any atom is 0.308 e. The summed E-state index contributed by atoms with van der Waals surface area (Å²) in [5.74, 6) is 4.24. The molecule has 0 aliphatic rings. The van der Waals surface area contributed by atoms with Crippen molar-refractivity contribution in [2.45, 2.75) is 19.8 Å². The molecule has 0 aliphatic carbocycles. The summed E-state index contributed by atoms with van der Waals surface area (Å²) in [6.07, 6.45) is 0.0107. The molecule has 21 heavy (non-hydrogen) atoms. The van der Waals surface area contributed by atoms with E-state index in [1.54, 1.807) is 0 Å². The molecule has 0 fully saturated rings. The van der Waals surface area contributed by atoms with Crippen LogP contribution in [0, 0.1) is 22.0 Å². The van der Waals surface area contributed by atoms with Gasteiger partial charge in [0, 0.05) is 37.1 Å². The topological polar surface area (TPSA) is 110 Å². The Kier molecular flexibility index (Phi) is 5.89. The highest BCUT2D eigenvalue weighted by molar-refractivity contribution is 5.73. The van der Waals surface area contributed by atoms with Gasteiger partial charge in [0.25, 0.3) is 5.69 Å². The van der Waals surface area contributed by atoms with Crippen molar-refractivity contribution >= 4 is 17.6 Å². The number of nitro benzene ring substituents is 1. The predicted molar refractivity (Wildman–Crippen MR) is 74.6 cm³/mol. The number of rotatable bonds is 5. The van der Waals surface area contributed by atoms with Gasteiger partial charge in [0.2, 0.25) is 5.91 Å². The van der Waals surface area contributed by atoms with Crippen LogP contribution in [0.1, 0.15) is 24.5 Å². The van der Waals surface area contributed by atoms with Crippen LogP contribution in [0.3, 0.4) is 0 Å². The van der Waals surface area contributed by atoms with Crippen molar-refractivity contribution in [1.29, 1.82) is 0 Å². The third kappa shape index (κ3) is 5.74. The molecule has 0 spiro atoms. The molecule has 7 heteroatoms. The van der Waals surface area contributed by atoms with E-state index in [0.29, 0.717) is 18.5 Å². The van der Waals surface area contributed by atoms with Gasteiger partial charge < -0.3 is 10.4 Å². The normalized spacial score (nSPS) is 9.38. The first-order valence-electron chi connectivity index (χ1n) is 6.12. The second kappa shape index (κ2) is 7.65. The quantitative estimate of drug-likeness (QED) is 0.365. The molecule has 2 N–H and O–H groups in total. The largest absolute Gasteiger partial charge is 0.481 e. The van der Waals surface area contributed by atoms with Crippen molar-refractivity contribution in [3.63, 3.8) is 0 Å². The Hall–Kier alpha value is -2.88. The van der Waals surface area contributed by atoms with Gasteiger partial charge in [0.05, 0.1) is 11.3 Å². The van der Waals surface area contributed by atoms with Crippen LogP contribution in [0.25, 0.3) is 0 Å². The Morgan fingerprint density at radius 1 is 1.43 bits per heavy atom. The van der Waals surface area contributed by atoms with Crippen molar-refractivity contribution in [2.24, 2.45) is 0 Å². The molecule has 110 valence electrons. The van der Waals surface area contributed by atoms with Gasteiger partial charge >= 0.3 is 5.97 Å². The average molecular weight is 290 g/mol. The first-order valence-corrected chi connectivity index (χ1v) is 6.12. The van der Waals surface area contributed by atoms with E-state index in [0.717, 1.165) is 0 Å². The number of carboxylic acids is 1. The molecule has 0 aromatic heterocycles. The number of amides is 1. The van der Waals surface area contributed by atoms with Crippen LogP contribution in [0.15, 0.2) is 18.2 Å². The summed E-state index contributed by atoms with van der Waals surface area (Å²) in [6.45, 7) is 1.81. The smallest absolute Gasteiger partial charge is 0.308 e. The molecule has 0 saturated carbocycles. The van der Waals surface area contributed by atoms with Gasteiger partial charge in [-0.15, -0.1) is 0 Å². The van der Waals surface area contributed by atoms with Crippen molar-refractivity contribution < 1.29 is 19.6 Å². The van der Waals surface area contributed by atoms with Gasteiger partial charge in [-0.2, -0.15) is 0 Å². The van der Waals surface area contributed by atoms with E-state index in [4.69, 9.17) is 5.11 Å². The number of nitro groups is 1. The summed E-state index contributed by atoms with van der Waals surface area (Å²) >= 11 is 0. The SMILES string of the molecule is CC(=O)NCCC#Cc1ccc(CC(=O)O)c([N+](=O)[O-])c1. The monoisotopic (exact) mass is 290 g/mol. The van der Waals surface area contributed by atoms with E-state index >= 15 is 0 Å². The number of aliphatic carboxylic acids is 1. The molecule has 0 bridgehead atoms. The van der Waals surface area contributed by atoms with Crippen molar-refractivity contribution in [2.75, 3.05) is 6.54 Å². The summed E-state index contributed by atoms with van der Waals surface area (Å²) in [5, 5.41) is 22.2. The molecular formula is C14H14N2O5. The summed E-state index contributed by atoms with van der Waals surface area (Å²) in [7, 11) is 0. The van der Waals surface area contributed by atoms with Crippen LogP contribution in [0.5, 0.6) is 0 Å². The maximum absolute atomic E-state index is 10.9. The molecule has 1 aromatic carbocycles. The van der Waals surface area contributed by atoms with Gasteiger partial charge in [-0.05, 0) is 6.07 Å². The van der Waals surface area contributed by atoms with E-state index in [-0.39, 0.29) is 17.2 Å². The molecule has 1 rings (SSSR count). The number of carbonyl (C=O) groups excluding carboxylic acids is 1. The minimum atomic E-state index is -1.13. The van der Waals surface area contributed by atoms with Crippen LogP contribution in [-0.2, 0) is 16.0 Å². The highest BCUT2D eigenvalue weighted by atomic mass is 16.6. The highest BCUT2D eigenvalue weighted by Gasteiger charge is 2.16. The Morgan fingerprint density at radius 2 is 2.14 bits per heavy atom. The average Bonchev–Trinajstić information content (AvgIpc) is 2.38. The molecule has 1 aromatic rings. The Bertz CT molecular complexity index is 628. The first-order chi connectivity index (χ1) is 9.90. The van der Waals surface area contributed by atoms with Crippen molar-refractivity contribution in [1.82, 2.24) is 5.32 Å². The molecular weight excluding hydrogens is 276 g/mol. The summed E-state index contributed by atoms with van der Waals surface area (Å²) in [4.78, 5) is 31.6. The Morgan fingerprint density at radius 3 is 2.71 bits per heavy atom. The number of nitrogens with zero attached hydrogens (tertiary/aromatic N) is 1. The van der Waals surface area contributed by atoms with Gasteiger partial charge in [0.15, 0.2) is 0 Å². The number of hydrogen-bond donors (Lipinski definition) is 2. The minimum absolute atomic E-state index is 0.135. The fourth-order valence-electron chi connectivity index (χ4n) is 1.59. The van der Waals surface area contributed by atoms with Gasteiger partial charge in [-0.25, -0.2) is 0 Å².